The van der Waals surface area contributed by atoms with E-state index in [4.69, 9.17) is 0 Å². The van der Waals surface area contributed by atoms with Crippen LogP contribution < -0.4 is 5.32 Å². The minimum Gasteiger partial charge on any atom is -0.508 e. The number of anilines is 1. The summed E-state index contributed by atoms with van der Waals surface area (Å²) in [5.74, 6) is 1.27. The maximum atomic E-state index is 9.54. The van der Waals surface area contributed by atoms with Gasteiger partial charge in [-0.15, -0.1) is 11.3 Å². The van der Waals surface area contributed by atoms with Crippen molar-refractivity contribution in [3.8, 4) is 5.75 Å². The number of aryl methyl sites for hydroxylation is 2. The van der Waals surface area contributed by atoms with E-state index in [0.717, 1.165) is 35.6 Å². The molecule has 4 nitrogen and oxygen atoms in total. The summed E-state index contributed by atoms with van der Waals surface area (Å²) in [5, 5.41) is 14.2. The van der Waals surface area contributed by atoms with Crippen LogP contribution in [0.5, 0.6) is 5.75 Å². The highest BCUT2D eigenvalue weighted by Gasteiger charge is 2.19. The van der Waals surface area contributed by atoms with E-state index in [-0.39, 0.29) is 0 Å². The monoisotopic (exact) mass is 325 g/mol. The molecule has 0 amide bonds. The fourth-order valence-corrected chi connectivity index (χ4v) is 4.49. The van der Waals surface area contributed by atoms with Crippen molar-refractivity contribution in [2.24, 2.45) is 0 Å². The quantitative estimate of drug-likeness (QED) is 0.763. The van der Waals surface area contributed by atoms with E-state index in [1.54, 1.807) is 12.4 Å². The molecule has 2 aromatic heterocycles. The van der Waals surface area contributed by atoms with Crippen molar-refractivity contribution in [2.75, 3.05) is 11.9 Å². The Hall–Kier alpha value is -2.14. The number of nitrogens with one attached hydrogen (secondary N) is 1. The number of thiophene rings is 1. The summed E-state index contributed by atoms with van der Waals surface area (Å²) in [4.78, 5) is 11.5. The maximum Gasteiger partial charge on any atom is 0.138 e. The molecule has 0 radical (unpaired) electrons. The Morgan fingerprint density at radius 2 is 2.09 bits per heavy atom. The summed E-state index contributed by atoms with van der Waals surface area (Å²) in [5.41, 5.74) is 2.58. The van der Waals surface area contributed by atoms with Crippen LogP contribution in [0.1, 0.15) is 28.8 Å². The highest BCUT2D eigenvalue weighted by Crippen LogP contribution is 2.38. The predicted molar refractivity (Wildman–Crippen MR) is 94.4 cm³/mol. The molecule has 23 heavy (non-hydrogen) atoms. The molecule has 0 saturated carbocycles. The van der Waals surface area contributed by atoms with Gasteiger partial charge in [0.2, 0.25) is 0 Å². The Morgan fingerprint density at radius 1 is 1.17 bits per heavy atom. The molecule has 1 aliphatic rings. The maximum absolute atomic E-state index is 9.54. The molecule has 0 saturated heterocycles. The molecule has 3 aromatic rings. The standard InChI is InChI=1S/C18H19N3OS/c22-13-5-3-4-12(10-13)8-9-19-17-16-14-6-1-2-7-15(14)23-18(16)21-11-20-17/h3-5,10-11,22H,1-2,6-9H2,(H,19,20,21). The predicted octanol–water partition coefficient (Wildman–Crippen LogP) is 3.93. The number of hydrogen-bond donors (Lipinski definition) is 2. The molecule has 0 fully saturated rings. The lowest BCUT2D eigenvalue weighted by atomic mass is 9.97. The minimum absolute atomic E-state index is 0.318. The van der Waals surface area contributed by atoms with Gasteiger partial charge in [0.05, 0.1) is 5.39 Å². The van der Waals surface area contributed by atoms with E-state index < -0.39 is 0 Å². The number of fused-ring (bicyclic) bond motifs is 3. The van der Waals surface area contributed by atoms with Crippen LogP contribution in [0.15, 0.2) is 30.6 Å². The number of hydrogen-bond acceptors (Lipinski definition) is 5. The number of rotatable bonds is 4. The lowest BCUT2D eigenvalue weighted by Crippen LogP contribution is -2.08. The van der Waals surface area contributed by atoms with Gasteiger partial charge in [-0.05, 0) is 55.4 Å². The third kappa shape index (κ3) is 2.88. The number of phenolic OH excluding ortho intramolecular Hbond substituents is 1. The van der Waals surface area contributed by atoms with Gasteiger partial charge in [0.1, 0.15) is 22.7 Å². The smallest absolute Gasteiger partial charge is 0.138 e. The molecule has 0 aliphatic heterocycles. The first-order chi connectivity index (χ1) is 11.3. The van der Waals surface area contributed by atoms with Gasteiger partial charge < -0.3 is 10.4 Å². The Morgan fingerprint density at radius 3 is 3.00 bits per heavy atom. The number of phenols is 1. The number of nitrogens with zero attached hydrogens (tertiary/aromatic N) is 2. The first-order valence-corrected chi connectivity index (χ1v) is 8.90. The van der Waals surface area contributed by atoms with Gasteiger partial charge in [0.25, 0.3) is 0 Å². The Balaban J connectivity index is 1.56. The lowest BCUT2D eigenvalue weighted by Gasteiger charge is -2.12. The van der Waals surface area contributed by atoms with E-state index in [1.165, 1.54) is 35.1 Å². The molecular weight excluding hydrogens is 306 g/mol. The fourth-order valence-electron chi connectivity index (χ4n) is 3.26. The highest BCUT2D eigenvalue weighted by molar-refractivity contribution is 7.19. The van der Waals surface area contributed by atoms with Gasteiger partial charge in [-0.25, -0.2) is 9.97 Å². The number of aromatic nitrogens is 2. The fraction of sp³-hybridized carbons (Fsp3) is 0.333. The zero-order chi connectivity index (χ0) is 15.6. The largest absolute Gasteiger partial charge is 0.508 e. The van der Waals surface area contributed by atoms with E-state index in [2.05, 4.69) is 15.3 Å². The Labute approximate surface area is 139 Å². The first kappa shape index (κ1) is 14.5. The second kappa shape index (κ2) is 6.16. The van der Waals surface area contributed by atoms with Gasteiger partial charge in [-0.2, -0.15) is 0 Å². The average Bonchev–Trinajstić information content (AvgIpc) is 2.94. The summed E-state index contributed by atoms with van der Waals surface area (Å²) in [6.45, 7) is 0.792. The van der Waals surface area contributed by atoms with Crippen molar-refractivity contribution in [1.29, 1.82) is 0 Å². The molecule has 4 rings (SSSR count). The van der Waals surface area contributed by atoms with Crippen molar-refractivity contribution >= 4 is 27.4 Å². The molecule has 0 spiro atoms. The van der Waals surface area contributed by atoms with Crippen LogP contribution >= 0.6 is 11.3 Å². The molecular formula is C18H19N3OS. The van der Waals surface area contributed by atoms with Gasteiger partial charge in [-0.1, -0.05) is 12.1 Å². The van der Waals surface area contributed by atoms with E-state index in [9.17, 15) is 5.11 Å². The third-order valence-electron chi connectivity index (χ3n) is 4.37. The van der Waals surface area contributed by atoms with Crippen molar-refractivity contribution in [2.45, 2.75) is 32.1 Å². The highest BCUT2D eigenvalue weighted by atomic mass is 32.1. The van der Waals surface area contributed by atoms with Crippen molar-refractivity contribution in [3.05, 3.63) is 46.6 Å². The summed E-state index contributed by atoms with van der Waals surface area (Å²) < 4.78 is 0. The van der Waals surface area contributed by atoms with E-state index >= 15 is 0 Å². The van der Waals surface area contributed by atoms with Crippen LogP contribution in [-0.2, 0) is 19.3 Å². The molecule has 2 heterocycles. The molecule has 2 N–H and O–H groups in total. The zero-order valence-electron chi connectivity index (χ0n) is 12.9. The van der Waals surface area contributed by atoms with Crippen LogP contribution in [0.3, 0.4) is 0 Å². The summed E-state index contributed by atoms with van der Waals surface area (Å²) in [6.07, 6.45) is 7.38. The van der Waals surface area contributed by atoms with Crippen molar-refractivity contribution in [1.82, 2.24) is 9.97 Å². The van der Waals surface area contributed by atoms with Gasteiger partial charge in [-0.3, -0.25) is 0 Å². The number of benzene rings is 1. The van der Waals surface area contributed by atoms with Crippen molar-refractivity contribution in [3.63, 3.8) is 0 Å². The third-order valence-corrected chi connectivity index (χ3v) is 5.57. The molecule has 5 heteroatoms. The molecule has 0 unspecified atom stereocenters. The Bertz CT molecular complexity index is 843. The molecule has 118 valence electrons. The van der Waals surface area contributed by atoms with Gasteiger partial charge >= 0.3 is 0 Å². The van der Waals surface area contributed by atoms with Gasteiger partial charge in [0, 0.05) is 11.4 Å². The van der Waals surface area contributed by atoms with Crippen LogP contribution in [0, 0.1) is 0 Å². The normalized spacial score (nSPS) is 13.9. The number of aromatic hydroxyl groups is 1. The van der Waals surface area contributed by atoms with Gasteiger partial charge in [0.15, 0.2) is 0 Å². The summed E-state index contributed by atoms with van der Waals surface area (Å²) in [6, 6.07) is 7.42. The summed E-state index contributed by atoms with van der Waals surface area (Å²) in [7, 11) is 0. The zero-order valence-corrected chi connectivity index (χ0v) is 13.7. The minimum atomic E-state index is 0.318. The second-order valence-electron chi connectivity index (χ2n) is 5.96. The lowest BCUT2D eigenvalue weighted by molar-refractivity contribution is 0.474. The topological polar surface area (TPSA) is 58.0 Å². The van der Waals surface area contributed by atoms with Crippen LogP contribution in [0.2, 0.25) is 0 Å². The second-order valence-corrected chi connectivity index (χ2v) is 7.04. The molecule has 1 aromatic carbocycles. The molecule has 1 aliphatic carbocycles. The molecule has 0 atom stereocenters. The average molecular weight is 325 g/mol. The van der Waals surface area contributed by atoms with Crippen LogP contribution in [0.25, 0.3) is 10.2 Å². The van der Waals surface area contributed by atoms with E-state index in [1.807, 2.05) is 29.5 Å². The van der Waals surface area contributed by atoms with Crippen LogP contribution in [0.4, 0.5) is 5.82 Å². The molecule has 0 bridgehead atoms. The SMILES string of the molecule is Oc1cccc(CCNc2ncnc3sc4c(c23)CCCC4)c1. The summed E-state index contributed by atoms with van der Waals surface area (Å²) >= 11 is 1.82. The Kier molecular flexibility index (Phi) is 3.87. The van der Waals surface area contributed by atoms with E-state index in [0.29, 0.717) is 5.75 Å². The van der Waals surface area contributed by atoms with Crippen LogP contribution in [-0.4, -0.2) is 21.6 Å². The first-order valence-electron chi connectivity index (χ1n) is 8.08. The van der Waals surface area contributed by atoms with Crippen molar-refractivity contribution < 1.29 is 5.11 Å².